The summed E-state index contributed by atoms with van der Waals surface area (Å²) in [6, 6.07) is 7.73. The second kappa shape index (κ2) is 4.98. The summed E-state index contributed by atoms with van der Waals surface area (Å²) in [6.07, 6.45) is 4.28. The van der Waals surface area contributed by atoms with Gasteiger partial charge in [-0.25, -0.2) is 4.52 Å². The summed E-state index contributed by atoms with van der Waals surface area (Å²) in [6.45, 7) is 2.61. The summed E-state index contributed by atoms with van der Waals surface area (Å²) in [5.41, 5.74) is 2.45. The maximum Gasteiger partial charge on any atom is 0.274 e. The number of amides is 1. The fraction of sp³-hybridized carbons (Fsp3) is 0.250. The van der Waals surface area contributed by atoms with Gasteiger partial charge in [0.1, 0.15) is 5.76 Å². The van der Waals surface area contributed by atoms with Gasteiger partial charge in [-0.15, -0.1) is 0 Å². The number of carbonyl (C=O) groups excluding carboxylic acids is 1. The third kappa shape index (κ3) is 2.14. The van der Waals surface area contributed by atoms with Gasteiger partial charge in [-0.1, -0.05) is 0 Å². The van der Waals surface area contributed by atoms with Crippen molar-refractivity contribution in [3.63, 3.8) is 0 Å². The molecule has 5 nitrogen and oxygen atoms in total. The van der Waals surface area contributed by atoms with Crippen LogP contribution in [0.25, 0.3) is 5.52 Å². The summed E-state index contributed by atoms with van der Waals surface area (Å²) in [7, 11) is 0. The lowest BCUT2D eigenvalue weighted by atomic mass is 10.0. The molecule has 112 valence electrons. The zero-order chi connectivity index (χ0) is 15.3. The molecule has 0 fully saturated rings. The molecule has 1 aliphatic heterocycles. The van der Waals surface area contributed by atoms with Crippen molar-refractivity contribution in [3.8, 4) is 0 Å². The van der Waals surface area contributed by atoms with E-state index in [1.54, 1.807) is 10.8 Å². The second-order valence-corrected chi connectivity index (χ2v) is 6.52. The van der Waals surface area contributed by atoms with Crippen molar-refractivity contribution in [2.45, 2.75) is 25.9 Å². The van der Waals surface area contributed by atoms with Crippen LogP contribution in [0.2, 0.25) is 0 Å². The molecule has 4 rings (SSSR count). The van der Waals surface area contributed by atoms with E-state index in [0.29, 0.717) is 12.2 Å². The van der Waals surface area contributed by atoms with Gasteiger partial charge in [0.15, 0.2) is 5.69 Å². The SMILES string of the molecule is CC1Cc2occc2CN1C(=O)c1cc2ccc(Br)cn2n1. The number of halogens is 1. The van der Waals surface area contributed by atoms with Crippen molar-refractivity contribution in [2.24, 2.45) is 0 Å². The molecule has 0 aliphatic carbocycles. The molecule has 3 aromatic heterocycles. The van der Waals surface area contributed by atoms with Gasteiger partial charge in [-0.05, 0) is 47.1 Å². The van der Waals surface area contributed by atoms with Crippen LogP contribution in [0, 0.1) is 0 Å². The number of aromatic nitrogens is 2. The van der Waals surface area contributed by atoms with Crippen LogP contribution in [0.5, 0.6) is 0 Å². The Bertz CT molecular complexity index is 867. The molecular formula is C16H14BrN3O2. The van der Waals surface area contributed by atoms with Crippen molar-refractivity contribution in [3.05, 3.63) is 58.2 Å². The average Bonchev–Trinajstić information content (AvgIpc) is 3.10. The van der Waals surface area contributed by atoms with Crippen molar-refractivity contribution in [2.75, 3.05) is 0 Å². The number of pyridine rings is 1. The summed E-state index contributed by atoms with van der Waals surface area (Å²) >= 11 is 3.41. The minimum absolute atomic E-state index is 0.0424. The molecule has 1 amide bonds. The fourth-order valence-electron chi connectivity index (χ4n) is 2.89. The lowest BCUT2D eigenvalue weighted by molar-refractivity contribution is 0.0643. The number of rotatable bonds is 1. The first-order valence-electron chi connectivity index (χ1n) is 7.13. The van der Waals surface area contributed by atoms with E-state index >= 15 is 0 Å². The first-order chi connectivity index (χ1) is 10.6. The van der Waals surface area contributed by atoms with Crippen LogP contribution in [0.3, 0.4) is 0 Å². The van der Waals surface area contributed by atoms with Crippen molar-refractivity contribution in [1.82, 2.24) is 14.5 Å². The van der Waals surface area contributed by atoms with E-state index in [4.69, 9.17) is 4.42 Å². The number of hydrogen-bond acceptors (Lipinski definition) is 3. The molecule has 3 aromatic rings. The Balaban J connectivity index is 1.68. The highest BCUT2D eigenvalue weighted by Gasteiger charge is 2.30. The van der Waals surface area contributed by atoms with Crippen LogP contribution in [0.15, 0.2) is 45.6 Å². The van der Waals surface area contributed by atoms with Gasteiger partial charge in [0.05, 0.1) is 11.8 Å². The Morgan fingerprint density at radius 2 is 2.27 bits per heavy atom. The van der Waals surface area contributed by atoms with E-state index in [9.17, 15) is 4.79 Å². The molecule has 0 radical (unpaired) electrons. The van der Waals surface area contributed by atoms with E-state index < -0.39 is 0 Å². The van der Waals surface area contributed by atoms with E-state index in [1.807, 2.05) is 42.3 Å². The third-order valence-electron chi connectivity index (χ3n) is 4.09. The lowest BCUT2D eigenvalue weighted by Crippen LogP contribution is -2.42. The number of furan rings is 1. The zero-order valence-electron chi connectivity index (χ0n) is 12.0. The molecule has 22 heavy (non-hydrogen) atoms. The predicted octanol–water partition coefficient (Wildman–Crippen LogP) is 3.28. The summed E-state index contributed by atoms with van der Waals surface area (Å²) in [5, 5.41) is 4.40. The Morgan fingerprint density at radius 1 is 1.41 bits per heavy atom. The van der Waals surface area contributed by atoms with E-state index in [1.165, 1.54) is 0 Å². The van der Waals surface area contributed by atoms with Gasteiger partial charge < -0.3 is 9.32 Å². The zero-order valence-corrected chi connectivity index (χ0v) is 13.6. The van der Waals surface area contributed by atoms with Crippen LogP contribution < -0.4 is 0 Å². The third-order valence-corrected chi connectivity index (χ3v) is 4.56. The van der Waals surface area contributed by atoms with Gasteiger partial charge in [-0.3, -0.25) is 4.79 Å². The highest BCUT2D eigenvalue weighted by atomic mass is 79.9. The molecule has 0 bridgehead atoms. The molecule has 1 atom stereocenters. The highest BCUT2D eigenvalue weighted by Crippen LogP contribution is 2.25. The summed E-state index contributed by atoms with van der Waals surface area (Å²) < 4.78 is 8.10. The quantitative estimate of drug-likeness (QED) is 0.669. The number of hydrogen-bond donors (Lipinski definition) is 0. The Hall–Kier alpha value is -2.08. The lowest BCUT2D eigenvalue weighted by Gasteiger charge is -2.32. The fourth-order valence-corrected chi connectivity index (χ4v) is 3.22. The first-order valence-corrected chi connectivity index (χ1v) is 7.92. The van der Waals surface area contributed by atoms with Crippen LogP contribution in [0.4, 0.5) is 0 Å². The number of carbonyl (C=O) groups is 1. The van der Waals surface area contributed by atoms with Gasteiger partial charge in [0.25, 0.3) is 5.91 Å². The minimum Gasteiger partial charge on any atom is -0.469 e. The minimum atomic E-state index is -0.0424. The molecular weight excluding hydrogens is 346 g/mol. The Morgan fingerprint density at radius 3 is 3.14 bits per heavy atom. The van der Waals surface area contributed by atoms with Crippen molar-refractivity contribution in [1.29, 1.82) is 0 Å². The number of fused-ring (bicyclic) bond motifs is 2. The predicted molar refractivity (Wildman–Crippen MR) is 84.6 cm³/mol. The standard InChI is InChI=1S/C16H14BrN3O2/c1-10-6-15-11(4-5-22-15)8-19(10)16(21)14-7-13-3-2-12(17)9-20(13)18-14/h2-5,7,9-10H,6,8H2,1H3. The molecule has 6 heteroatoms. The smallest absolute Gasteiger partial charge is 0.274 e. The Labute approximate surface area is 135 Å². The normalized spacial score (nSPS) is 17.7. The van der Waals surface area contributed by atoms with Crippen LogP contribution in [-0.4, -0.2) is 26.5 Å². The highest BCUT2D eigenvalue weighted by molar-refractivity contribution is 9.10. The second-order valence-electron chi connectivity index (χ2n) is 5.60. The Kier molecular flexibility index (Phi) is 3.07. The van der Waals surface area contributed by atoms with Crippen LogP contribution in [-0.2, 0) is 13.0 Å². The monoisotopic (exact) mass is 359 g/mol. The topological polar surface area (TPSA) is 50.8 Å². The molecule has 1 unspecified atom stereocenters. The summed E-state index contributed by atoms with van der Waals surface area (Å²) in [5.74, 6) is 0.939. The molecule has 0 spiro atoms. The maximum atomic E-state index is 12.8. The van der Waals surface area contributed by atoms with E-state index in [0.717, 1.165) is 27.7 Å². The van der Waals surface area contributed by atoms with Crippen molar-refractivity contribution < 1.29 is 9.21 Å². The largest absolute Gasteiger partial charge is 0.469 e. The van der Waals surface area contributed by atoms with Crippen molar-refractivity contribution >= 4 is 27.4 Å². The summed E-state index contributed by atoms with van der Waals surface area (Å²) in [4.78, 5) is 14.7. The molecule has 0 aromatic carbocycles. The molecule has 0 N–H and O–H groups in total. The van der Waals surface area contributed by atoms with E-state index in [2.05, 4.69) is 21.0 Å². The van der Waals surface area contributed by atoms with Crippen LogP contribution in [0.1, 0.15) is 28.7 Å². The molecule has 0 saturated heterocycles. The van der Waals surface area contributed by atoms with Crippen LogP contribution >= 0.6 is 15.9 Å². The van der Waals surface area contributed by atoms with E-state index in [-0.39, 0.29) is 11.9 Å². The van der Waals surface area contributed by atoms with Gasteiger partial charge >= 0.3 is 0 Å². The first kappa shape index (κ1) is 13.6. The molecule has 4 heterocycles. The molecule has 0 saturated carbocycles. The van der Waals surface area contributed by atoms with Gasteiger partial charge in [-0.2, -0.15) is 5.10 Å². The van der Waals surface area contributed by atoms with Gasteiger partial charge in [0, 0.05) is 35.2 Å². The van der Waals surface area contributed by atoms with Gasteiger partial charge in [0.2, 0.25) is 0 Å². The average molecular weight is 360 g/mol. The molecule has 1 aliphatic rings. The maximum absolute atomic E-state index is 12.8. The number of nitrogens with zero attached hydrogens (tertiary/aromatic N) is 3.